The summed E-state index contributed by atoms with van der Waals surface area (Å²) in [5, 5.41) is 3.41. The molecule has 5 nitrogen and oxygen atoms in total. The van der Waals surface area contributed by atoms with Gasteiger partial charge in [-0.1, -0.05) is 36.3 Å². The summed E-state index contributed by atoms with van der Waals surface area (Å²) in [5.74, 6) is 3.09. The Hall–Kier alpha value is -4.04. The van der Waals surface area contributed by atoms with Gasteiger partial charge in [0.15, 0.2) is 0 Å². The Morgan fingerprint density at radius 3 is 2.54 bits per heavy atom. The SMILES string of the molecule is C#Cc1ccn2c(Nc3ccc(C(=O)OC)cc3)c(-c3ccccc3)nc2c1. The number of imidazole rings is 1. The Bertz CT molecular complexity index is 1190. The smallest absolute Gasteiger partial charge is 0.337 e. The number of carbonyl (C=O) groups is 1. The van der Waals surface area contributed by atoms with E-state index < -0.39 is 0 Å². The molecule has 4 rings (SSSR count). The van der Waals surface area contributed by atoms with Crippen molar-refractivity contribution in [3.05, 3.63) is 84.1 Å². The number of nitrogens with zero attached hydrogens (tertiary/aromatic N) is 2. The van der Waals surface area contributed by atoms with Gasteiger partial charge in [0.1, 0.15) is 17.2 Å². The second-order valence-corrected chi connectivity index (χ2v) is 6.16. The van der Waals surface area contributed by atoms with Crippen LogP contribution in [-0.4, -0.2) is 22.5 Å². The minimum atomic E-state index is -0.367. The lowest BCUT2D eigenvalue weighted by Gasteiger charge is -2.10. The fourth-order valence-corrected chi connectivity index (χ4v) is 3.00. The number of hydrogen-bond acceptors (Lipinski definition) is 4. The molecule has 0 spiro atoms. The maximum absolute atomic E-state index is 11.6. The van der Waals surface area contributed by atoms with Gasteiger partial charge in [-0.15, -0.1) is 6.42 Å². The predicted molar refractivity (Wildman–Crippen MR) is 110 cm³/mol. The Morgan fingerprint density at radius 2 is 1.86 bits per heavy atom. The molecule has 0 aliphatic heterocycles. The molecule has 5 heteroatoms. The summed E-state index contributed by atoms with van der Waals surface area (Å²) in [6.07, 6.45) is 7.43. The molecule has 0 fully saturated rings. The van der Waals surface area contributed by atoms with Crippen LogP contribution in [0.15, 0.2) is 72.9 Å². The van der Waals surface area contributed by atoms with Crippen molar-refractivity contribution < 1.29 is 9.53 Å². The van der Waals surface area contributed by atoms with E-state index >= 15 is 0 Å². The number of anilines is 2. The third-order valence-electron chi connectivity index (χ3n) is 4.41. The number of pyridine rings is 1. The largest absolute Gasteiger partial charge is 0.465 e. The van der Waals surface area contributed by atoms with Gasteiger partial charge in [-0.2, -0.15) is 0 Å². The lowest BCUT2D eigenvalue weighted by Crippen LogP contribution is -2.01. The third-order valence-corrected chi connectivity index (χ3v) is 4.41. The van der Waals surface area contributed by atoms with Crippen molar-refractivity contribution in [3.63, 3.8) is 0 Å². The normalized spacial score (nSPS) is 10.4. The van der Waals surface area contributed by atoms with Gasteiger partial charge in [0.2, 0.25) is 0 Å². The van der Waals surface area contributed by atoms with Crippen molar-refractivity contribution in [2.75, 3.05) is 12.4 Å². The number of aromatic nitrogens is 2. The zero-order chi connectivity index (χ0) is 19.5. The van der Waals surface area contributed by atoms with Gasteiger partial charge in [0.25, 0.3) is 0 Å². The van der Waals surface area contributed by atoms with Crippen molar-refractivity contribution >= 4 is 23.1 Å². The maximum atomic E-state index is 11.6. The minimum absolute atomic E-state index is 0.367. The van der Waals surface area contributed by atoms with Gasteiger partial charge >= 0.3 is 5.97 Å². The van der Waals surface area contributed by atoms with Crippen molar-refractivity contribution in [1.29, 1.82) is 0 Å². The molecule has 0 saturated heterocycles. The molecule has 2 heterocycles. The molecule has 1 N–H and O–H groups in total. The summed E-state index contributed by atoms with van der Waals surface area (Å²) in [5.41, 5.74) is 4.64. The molecule has 0 bridgehead atoms. The quantitative estimate of drug-likeness (QED) is 0.426. The highest BCUT2D eigenvalue weighted by Crippen LogP contribution is 2.31. The van der Waals surface area contributed by atoms with E-state index in [2.05, 4.69) is 11.2 Å². The van der Waals surface area contributed by atoms with E-state index in [4.69, 9.17) is 16.1 Å². The Balaban J connectivity index is 1.80. The number of benzene rings is 2. The van der Waals surface area contributed by atoms with Crippen molar-refractivity contribution in [2.45, 2.75) is 0 Å². The number of methoxy groups -OCH3 is 1. The highest BCUT2D eigenvalue weighted by molar-refractivity contribution is 5.90. The van der Waals surface area contributed by atoms with Crippen LogP contribution < -0.4 is 5.32 Å². The van der Waals surface area contributed by atoms with E-state index in [0.29, 0.717) is 5.56 Å². The average Bonchev–Trinajstić information content (AvgIpc) is 3.11. The molecule has 0 unspecified atom stereocenters. The number of ether oxygens (including phenoxy) is 1. The lowest BCUT2D eigenvalue weighted by atomic mass is 10.1. The molecule has 28 heavy (non-hydrogen) atoms. The second kappa shape index (κ2) is 7.29. The molecule has 4 aromatic rings. The number of carbonyl (C=O) groups excluding carboxylic acids is 1. The zero-order valence-corrected chi connectivity index (χ0v) is 15.2. The summed E-state index contributed by atoms with van der Waals surface area (Å²) >= 11 is 0. The summed E-state index contributed by atoms with van der Waals surface area (Å²) in [7, 11) is 1.36. The van der Waals surface area contributed by atoms with E-state index in [0.717, 1.165) is 34.0 Å². The number of hydrogen-bond donors (Lipinski definition) is 1. The van der Waals surface area contributed by atoms with Crippen molar-refractivity contribution in [3.8, 4) is 23.6 Å². The van der Waals surface area contributed by atoms with E-state index in [1.165, 1.54) is 7.11 Å². The van der Waals surface area contributed by atoms with Gasteiger partial charge in [0, 0.05) is 23.0 Å². The van der Waals surface area contributed by atoms with Crippen LogP contribution in [0.25, 0.3) is 16.9 Å². The van der Waals surface area contributed by atoms with Crippen LogP contribution in [0.2, 0.25) is 0 Å². The number of rotatable bonds is 4. The molecule has 2 aromatic heterocycles. The molecule has 0 saturated carbocycles. The highest BCUT2D eigenvalue weighted by Gasteiger charge is 2.15. The van der Waals surface area contributed by atoms with Crippen molar-refractivity contribution in [2.24, 2.45) is 0 Å². The first-order chi connectivity index (χ1) is 13.7. The van der Waals surface area contributed by atoms with Crippen molar-refractivity contribution in [1.82, 2.24) is 9.38 Å². The van der Waals surface area contributed by atoms with Gasteiger partial charge in [-0.25, -0.2) is 9.78 Å². The molecule has 0 aliphatic rings. The summed E-state index contributed by atoms with van der Waals surface area (Å²) in [6.45, 7) is 0. The average molecular weight is 367 g/mol. The Labute approximate surface area is 162 Å². The standard InChI is InChI=1S/C23H17N3O2/c1-3-16-13-14-26-20(15-16)25-21(17-7-5-4-6-8-17)22(26)24-19-11-9-18(10-12-19)23(27)28-2/h1,4-15,24H,2H3. The molecule has 136 valence electrons. The van der Waals surface area contributed by atoms with Gasteiger partial charge < -0.3 is 10.1 Å². The van der Waals surface area contributed by atoms with E-state index in [9.17, 15) is 4.79 Å². The van der Waals surface area contributed by atoms with Gasteiger partial charge in [-0.05, 0) is 36.4 Å². The van der Waals surface area contributed by atoms with Crippen LogP contribution in [0.3, 0.4) is 0 Å². The molecule has 0 radical (unpaired) electrons. The fourth-order valence-electron chi connectivity index (χ4n) is 3.00. The predicted octanol–water partition coefficient (Wildman–Crippen LogP) is 4.51. The molecular weight excluding hydrogens is 350 g/mol. The maximum Gasteiger partial charge on any atom is 0.337 e. The highest BCUT2D eigenvalue weighted by atomic mass is 16.5. The van der Waals surface area contributed by atoms with Gasteiger partial charge in [0.05, 0.1) is 12.7 Å². The number of esters is 1. The summed E-state index contributed by atoms with van der Waals surface area (Å²) in [6, 6.07) is 20.8. The molecule has 0 amide bonds. The monoisotopic (exact) mass is 367 g/mol. The number of fused-ring (bicyclic) bond motifs is 1. The van der Waals surface area contributed by atoms with Crippen LogP contribution in [0.4, 0.5) is 11.5 Å². The second-order valence-electron chi connectivity index (χ2n) is 6.16. The molecule has 2 aromatic carbocycles. The minimum Gasteiger partial charge on any atom is -0.465 e. The third kappa shape index (κ3) is 3.19. The Morgan fingerprint density at radius 1 is 1.11 bits per heavy atom. The van der Waals surface area contributed by atoms with Crippen LogP contribution in [0, 0.1) is 12.3 Å². The Kier molecular flexibility index (Phi) is 4.53. The van der Waals surface area contributed by atoms with Crippen LogP contribution >= 0.6 is 0 Å². The number of terminal acetylenes is 1. The van der Waals surface area contributed by atoms with Gasteiger partial charge in [-0.3, -0.25) is 4.40 Å². The van der Waals surface area contributed by atoms with Crippen LogP contribution in [-0.2, 0) is 4.74 Å². The molecule has 0 atom stereocenters. The molecule has 0 aliphatic carbocycles. The first-order valence-corrected chi connectivity index (χ1v) is 8.69. The zero-order valence-electron chi connectivity index (χ0n) is 15.2. The first-order valence-electron chi connectivity index (χ1n) is 8.69. The fraction of sp³-hybridized carbons (Fsp3) is 0.0435. The van der Waals surface area contributed by atoms with Crippen LogP contribution in [0.1, 0.15) is 15.9 Å². The van der Waals surface area contributed by atoms with E-state index in [-0.39, 0.29) is 5.97 Å². The molecular formula is C23H17N3O2. The lowest BCUT2D eigenvalue weighted by molar-refractivity contribution is 0.0601. The number of nitrogens with one attached hydrogen (secondary N) is 1. The summed E-state index contributed by atoms with van der Waals surface area (Å²) < 4.78 is 6.70. The topological polar surface area (TPSA) is 55.6 Å². The van der Waals surface area contributed by atoms with E-state index in [1.54, 1.807) is 12.1 Å². The first kappa shape index (κ1) is 17.4. The van der Waals surface area contributed by atoms with Crippen LogP contribution in [0.5, 0.6) is 0 Å². The summed E-state index contributed by atoms with van der Waals surface area (Å²) in [4.78, 5) is 16.4. The van der Waals surface area contributed by atoms with E-state index in [1.807, 2.05) is 65.2 Å².